The fraction of sp³-hybridized carbons (Fsp3) is 0.167. The van der Waals surface area contributed by atoms with E-state index < -0.39 is 0 Å². The average molecular weight is 368 g/mol. The highest BCUT2D eigenvalue weighted by Crippen LogP contribution is 2.39. The van der Waals surface area contributed by atoms with Crippen LogP contribution in [0.1, 0.15) is 0 Å². The van der Waals surface area contributed by atoms with Crippen molar-refractivity contribution in [3.05, 3.63) is 41.2 Å². The zero-order valence-corrected chi connectivity index (χ0v) is 15.3. The first-order valence-corrected chi connectivity index (χ1v) is 8.25. The van der Waals surface area contributed by atoms with Crippen LogP contribution in [0.15, 0.2) is 36.4 Å². The van der Waals surface area contributed by atoms with E-state index in [2.05, 4.69) is 9.97 Å². The van der Waals surface area contributed by atoms with Gasteiger partial charge in [-0.3, -0.25) is 4.57 Å². The maximum absolute atomic E-state index is 5.51. The first-order chi connectivity index (χ1) is 12.7. The number of methoxy groups -OCH3 is 3. The quantitative estimate of drug-likeness (QED) is 0.554. The van der Waals surface area contributed by atoms with Gasteiger partial charge in [-0.2, -0.15) is 0 Å². The van der Waals surface area contributed by atoms with E-state index in [0.29, 0.717) is 33.3 Å². The van der Waals surface area contributed by atoms with Crippen LogP contribution in [0.5, 0.6) is 17.2 Å². The van der Waals surface area contributed by atoms with Gasteiger partial charge in [0.25, 0.3) is 0 Å². The summed E-state index contributed by atoms with van der Waals surface area (Å²) in [5, 5.41) is 0. The molecule has 2 aromatic heterocycles. The Morgan fingerprint density at radius 2 is 1.54 bits per heavy atom. The molecule has 0 spiro atoms. The van der Waals surface area contributed by atoms with Crippen LogP contribution in [0.4, 0.5) is 0 Å². The average Bonchev–Trinajstić information content (AvgIpc) is 2.99. The standard InChI is InChI=1S/C18H16N4O3S/c1-23-13-8-10(9-14(24-2)15(13)25-3)22-17-16(21-18(22)26)19-11-6-4-5-7-12(11)20-17/h4-9H,1-3H3,(H,19,21,26). The predicted octanol–water partition coefficient (Wildman–Crippen LogP) is 3.66. The van der Waals surface area contributed by atoms with Gasteiger partial charge in [0.1, 0.15) is 0 Å². The minimum absolute atomic E-state index is 0.476. The first kappa shape index (κ1) is 16.3. The maximum atomic E-state index is 5.51. The molecule has 1 N–H and O–H groups in total. The molecule has 26 heavy (non-hydrogen) atoms. The third kappa shape index (κ3) is 2.46. The monoisotopic (exact) mass is 368 g/mol. The molecule has 0 amide bonds. The van der Waals surface area contributed by atoms with Crippen LogP contribution in [0.25, 0.3) is 28.0 Å². The summed E-state index contributed by atoms with van der Waals surface area (Å²) in [5.41, 5.74) is 3.56. The molecule has 132 valence electrons. The fourth-order valence-corrected chi connectivity index (χ4v) is 3.21. The summed E-state index contributed by atoms with van der Waals surface area (Å²) in [4.78, 5) is 12.4. The Labute approximate surface area is 154 Å². The second-order valence-electron chi connectivity index (χ2n) is 5.53. The number of H-pyrrole nitrogens is 1. The molecule has 4 rings (SSSR count). The molecule has 4 aromatic rings. The van der Waals surface area contributed by atoms with Crippen molar-refractivity contribution in [2.24, 2.45) is 0 Å². The van der Waals surface area contributed by atoms with Crippen LogP contribution >= 0.6 is 12.2 Å². The van der Waals surface area contributed by atoms with Crippen molar-refractivity contribution in [1.82, 2.24) is 19.5 Å². The lowest BCUT2D eigenvalue weighted by molar-refractivity contribution is 0.324. The summed E-state index contributed by atoms with van der Waals surface area (Å²) < 4.78 is 18.5. The molecular formula is C18H16N4O3S. The largest absolute Gasteiger partial charge is 0.493 e. The van der Waals surface area contributed by atoms with E-state index in [4.69, 9.17) is 31.4 Å². The van der Waals surface area contributed by atoms with Gasteiger partial charge in [0.05, 0.1) is 38.1 Å². The molecule has 8 heteroatoms. The Kier molecular flexibility index (Phi) is 3.96. The van der Waals surface area contributed by atoms with Crippen molar-refractivity contribution in [3.63, 3.8) is 0 Å². The normalized spacial score (nSPS) is 11.0. The Balaban J connectivity index is 2.04. The number of aromatic nitrogens is 4. The summed E-state index contributed by atoms with van der Waals surface area (Å²) in [5.74, 6) is 1.58. The third-order valence-corrected chi connectivity index (χ3v) is 4.38. The van der Waals surface area contributed by atoms with Crippen LogP contribution < -0.4 is 14.2 Å². The molecule has 0 fully saturated rings. The molecule has 0 atom stereocenters. The van der Waals surface area contributed by atoms with Gasteiger partial charge < -0.3 is 19.2 Å². The highest BCUT2D eigenvalue weighted by molar-refractivity contribution is 7.71. The minimum atomic E-state index is 0.476. The lowest BCUT2D eigenvalue weighted by atomic mass is 10.2. The number of hydrogen-bond donors (Lipinski definition) is 1. The molecule has 0 saturated carbocycles. The summed E-state index contributed by atoms with van der Waals surface area (Å²) in [7, 11) is 4.71. The summed E-state index contributed by atoms with van der Waals surface area (Å²) in [6.45, 7) is 0. The van der Waals surface area contributed by atoms with Gasteiger partial charge in [-0.15, -0.1) is 0 Å². The number of rotatable bonds is 4. The maximum Gasteiger partial charge on any atom is 0.203 e. The zero-order chi connectivity index (χ0) is 18.3. The Morgan fingerprint density at radius 3 is 2.12 bits per heavy atom. The number of nitrogens with one attached hydrogen (secondary N) is 1. The van der Waals surface area contributed by atoms with Crippen molar-refractivity contribution >= 4 is 34.5 Å². The second kappa shape index (κ2) is 6.30. The number of imidazole rings is 1. The van der Waals surface area contributed by atoms with Crippen molar-refractivity contribution in [2.45, 2.75) is 0 Å². The molecule has 0 aliphatic heterocycles. The predicted molar refractivity (Wildman–Crippen MR) is 101 cm³/mol. The number of nitrogens with zero attached hydrogens (tertiary/aromatic N) is 3. The van der Waals surface area contributed by atoms with Crippen molar-refractivity contribution in [1.29, 1.82) is 0 Å². The Bertz CT molecular complexity index is 1160. The van der Waals surface area contributed by atoms with Gasteiger partial charge >= 0.3 is 0 Å². The molecule has 0 aliphatic carbocycles. The molecule has 2 aromatic carbocycles. The number of aromatic amines is 1. The van der Waals surface area contributed by atoms with Gasteiger partial charge in [-0.25, -0.2) is 9.97 Å². The highest BCUT2D eigenvalue weighted by Gasteiger charge is 2.17. The van der Waals surface area contributed by atoms with Crippen LogP contribution in [-0.2, 0) is 0 Å². The van der Waals surface area contributed by atoms with Crippen LogP contribution in [0.2, 0.25) is 0 Å². The van der Waals surface area contributed by atoms with E-state index in [1.54, 1.807) is 25.9 Å². The molecule has 0 saturated heterocycles. The van der Waals surface area contributed by atoms with E-state index >= 15 is 0 Å². The molecular weight excluding hydrogens is 352 g/mol. The number of ether oxygens (including phenoxy) is 3. The van der Waals surface area contributed by atoms with Crippen LogP contribution in [0.3, 0.4) is 0 Å². The fourth-order valence-electron chi connectivity index (χ4n) is 2.92. The highest BCUT2D eigenvalue weighted by atomic mass is 32.1. The van der Waals surface area contributed by atoms with Gasteiger partial charge in [0.15, 0.2) is 27.6 Å². The van der Waals surface area contributed by atoms with Gasteiger partial charge in [0, 0.05) is 12.1 Å². The van der Waals surface area contributed by atoms with Crippen LogP contribution in [0, 0.1) is 4.77 Å². The number of fused-ring (bicyclic) bond motifs is 2. The van der Waals surface area contributed by atoms with E-state index in [-0.39, 0.29) is 0 Å². The molecule has 7 nitrogen and oxygen atoms in total. The van der Waals surface area contributed by atoms with E-state index in [9.17, 15) is 0 Å². The molecule has 0 bridgehead atoms. The zero-order valence-electron chi connectivity index (χ0n) is 14.4. The number of para-hydroxylation sites is 2. The van der Waals surface area contributed by atoms with E-state index in [1.165, 1.54) is 0 Å². The van der Waals surface area contributed by atoms with Crippen molar-refractivity contribution in [3.8, 4) is 22.9 Å². The lowest BCUT2D eigenvalue weighted by Crippen LogP contribution is -2.01. The van der Waals surface area contributed by atoms with Crippen LogP contribution in [-0.4, -0.2) is 40.8 Å². The van der Waals surface area contributed by atoms with Gasteiger partial charge in [-0.1, -0.05) is 12.1 Å². The van der Waals surface area contributed by atoms with Crippen molar-refractivity contribution < 1.29 is 14.2 Å². The topological polar surface area (TPSA) is 74.2 Å². The number of hydrogen-bond acceptors (Lipinski definition) is 6. The minimum Gasteiger partial charge on any atom is -0.493 e. The Hall–Kier alpha value is -3.13. The van der Waals surface area contributed by atoms with Gasteiger partial charge in [-0.05, 0) is 24.4 Å². The SMILES string of the molecule is COc1cc(-n2c(=S)[nH]c3nc4ccccc4nc32)cc(OC)c1OC. The summed E-state index contributed by atoms with van der Waals surface area (Å²) in [6.07, 6.45) is 0. The molecule has 0 aliphatic rings. The smallest absolute Gasteiger partial charge is 0.203 e. The third-order valence-electron chi connectivity index (χ3n) is 4.10. The first-order valence-electron chi connectivity index (χ1n) is 7.84. The summed E-state index contributed by atoms with van der Waals surface area (Å²) >= 11 is 5.51. The molecule has 0 radical (unpaired) electrons. The lowest BCUT2D eigenvalue weighted by Gasteiger charge is -2.14. The number of benzene rings is 2. The van der Waals surface area contributed by atoms with Gasteiger partial charge in [0.2, 0.25) is 5.75 Å². The van der Waals surface area contributed by atoms with Crippen molar-refractivity contribution in [2.75, 3.05) is 21.3 Å². The molecule has 0 unspecified atom stereocenters. The molecule has 2 heterocycles. The summed E-state index contributed by atoms with van der Waals surface area (Å²) in [6, 6.07) is 11.3. The Morgan fingerprint density at radius 1 is 0.923 bits per heavy atom. The van der Waals surface area contributed by atoms with E-state index in [0.717, 1.165) is 16.7 Å². The second-order valence-corrected chi connectivity index (χ2v) is 5.92. The van der Waals surface area contributed by atoms with E-state index in [1.807, 2.05) is 36.4 Å².